The van der Waals surface area contributed by atoms with Gasteiger partial charge in [0.15, 0.2) is 0 Å². The van der Waals surface area contributed by atoms with E-state index in [4.69, 9.17) is 0 Å². The summed E-state index contributed by atoms with van der Waals surface area (Å²) < 4.78 is 29.6. The molecule has 0 bridgehead atoms. The third-order valence-electron chi connectivity index (χ3n) is 5.14. The highest BCUT2D eigenvalue weighted by Gasteiger charge is 2.23. The van der Waals surface area contributed by atoms with Crippen LogP contribution in [0.1, 0.15) is 29.1 Å². The van der Waals surface area contributed by atoms with E-state index in [-0.39, 0.29) is 6.54 Å². The third kappa shape index (κ3) is 3.88. The highest BCUT2D eigenvalue weighted by molar-refractivity contribution is 7.87. The minimum absolute atomic E-state index is 0.176. The van der Waals surface area contributed by atoms with Crippen LogP contribution in [0.2, 0.25) is 0 Å². The summed E-state index contributed by atoms with van der Waals surface area (Å²) in [6.45, 7) is 4.31. The van der Waals surface area contributed by atoms with E-state index in [0.29, 0.717) is 6.54 Å². The molecule has 2 aliphatic rings. The van der Waals surface area contributed by atoms with Gasteiger partial charge in [0.1, 0.15) is 12.1 Å². The Hall–Kier alpha value is -2.08. The molecule has 10 nitrogen and oxygen atoms in total. The van der Waals surface area contributed by atoms with Gasteiger partial charge in [-0.25, -0.2) is 9.97 Å². The number of fused-ring (bicyclic) bond motifs is 2. The lowest BCUT2D eigenvalue weighted by molar-refractivity contribution is 0.503. The third-order valence-corrected chi connectivity index (χ3v) is 6.61. The molecule has 4 rings (SSSR count). The maximum Gasteiger partial charge on any atom is 0.279 e. The molecule has 28 heavy (non-hydrogen) atoms. The Labute approximate surface area is 165 Å². The van der Waals surface area contributed by atoms with Crippen molar-refractivity contribution in [3.05, 3.63) is 35.0 Å². The Morgan fingerprint density at radius 3 is 2.96 bits per heavy atom. The molecule has 0 atom stereocenters. The van der Waals surface area contributed by atoms with E-state index >= 15 is 0 Å². The van der Waals surface area contributed by atoms with Crippen molar-refractivity contribution >= 4 is 16.0 Å². The second kappa shape index (κ2) is 7.74. The van der Waals surface area contributed by atoms with Gasteiger partial charge in [0, 0.05) is 39.3 Å². The van der Waals surface area contributed by atoms with Crippen molar-refractivity contribution in [1.29, 1.82) is 0 Å². The molecule has 0 saturated heterocycles. The van der Waals surface area contributed by atoms with Gasteiger partial charge in [0.05, 0.1) is 30.2 Å². The largest absolute Gasteiger partial charge is 0.350 e. The first kappa shape index (κ1) is 19.2. The molecule has 0 fully saturated rings. The summed E-state index contributed by atoms with van der Waals surface area (Å²) in [6, 6.07) is 1.98. The topological polar surface area (TPSA) is 108 Å². The summed E-state index contributed by atoms with van der Waals surface area (Å²) in [7, 11) is -0.467. The molecule has 0 radical (unpaired) electrons. The lowest BCUT2D eigenvalue weighted by Gasteiger charge is -2.26. The van der Waals surface area contributed by atoms with Gasteiger partial charge in [0.25, 0.3) is 10.2 Å². The van der Waals surface area contributed by atoms with E-state index in [1.165, 1.54) is 19.7 Å². The van der Waals surface area contributed by atoms with E-state index in [2.05, 4.69) is 30.0 Å². The predicted molar refractivity (Wildman–Crippen MR) is 105 cm³/mol. The zero-order chi connectivity index (χ0) is 19.7. The number of rotatable bonds is 5. The molecule has 0 aliphatic carbocycles. The van der Waals surface area contributed by atoms with Crippen LogP contribution in [0, 0.1) is 0 Å². The average Bonchev–Trinajstić information content (AvgIpc) is 2.96. The number of hydrogen-bond donors (Lipinski definition) is 2. The van der Waals surface area contributed by atoms with Crippen LogP contribution in [-0.4, -0.2) is 59.7 Å². The van der Waals surface area contributed by atoms with Crippen LogP contribution in [-0.2, 0) is 42.8 Å². The number of aryl methyl sites for hydroxylation is 1. The van der Waals surface area contributed by atoms with Crippen LogP contribution in [0.4, 0.5) is 5.82 Å². The van der Waals surface area contributed by atoms with E-state index in [1.807, 2.05) is 10.7 Å². The van der Waals surface area contributed by atoms with E-state index in [9.17, 15) is 8.42 Å². The fraction of sp³-hybridized carbons (Fsp3) is 0.588. The smallest absolute Gasteiger partial charge is 0.279 e. The Bertz CT molecular complexity index is 956. The quantitative estimate of drug-likeness (QED) is 0.697. The van der Waals surface area contributed by atoms with Crippen molar-refractivity contribution in [2.24, 2.45) is 0 Å². The molecule has 0 amide bonds. The Morgan fingerprint density at radius 2 is 2.14 bits per heavy atom. The minimum Gasteiger partial charge on any atom is -0.350 e. The van der Waals surface area contributed by atoms with E-state index < -0.39 is 10.2 Å². The van der Waals surface area contributed by atoms with Gasteiger partial charge in [-0.3, -0.25) is 4.68 Å². The highest BCUT2D eigenvalue weighted by atomic mass is 32.2. The second-order valence-electron chi connectivity index (χ2n) is 7.28. The average molecular weight is 407 g/mol. The van der Waals surface area contributed by atoms with Crippen molar-refractivity contribution in [3.63, 3.8) is 0 Å². The minimum atomic E-state index is -3.47. The fourth-order valence-corrected chi connectivity index (χ4v) is 4.21. The summed E-state index contributed by atoms with van der Waals surface area (Å²) in [5, 5.41) is 7.94. The molecule has 2 aromatic heterocycles. The van der Waals surface area contributed by atoms with Gasteiger partial charge in [-0.05, 0) is 25.5 Å². The Morgan fingerprint density at radius 1 is 1.29 bits per heavy atom. The molecule has 2 N–H and O–H groups in total. The van der Waals surface area contributed by atoms with Gasteiger partial charge < -0.3 is 10.2 Å². The SMILES string of the molecule is CN(C)S(=O)(=O)NCc1cc2n(n1)CCCN(c1ncnc3c1CCNC3)C2. The zero-order valence-corrected chi connectivity index (χ0v) is 17.0. The van der Waals surface area contributed by atoms with Crippen LogP contribution >= 0.6 is 0 Å². The Kier molecular flexibility index (Phi) is 5.32. The van der Waals surface area contributed by atoms with Gasteiger partial charge in [-0.15, -0.1) is 0 Å². The van der Waals surface area contributed by atoms with Crippen molar-refractivity contribution in [1.82, 2.24) is 34.1 Å². The van der Waals surface area contributed by atoms with E-state index in [1.54, 1.807) is 6.33 Å². The first-order chi connectivity index (χ1) is 13.4. The summed E-state index contributed by atoms with van der Waals surface area (Å²) in [5.74, 6) is 1.01. The molecule has 2 aromatic rings. The maximum absolute atomic E-state index is 11.9. The number of nitrogens with one attached hydrogen (secondary N) is 2. The van der Waals surface area contributed by atoms with Gasteiger partial charge >= 0.3 is 0 Å². The normalized spacial score (nSPS) is 17.3. The van der Waals surface area contributed by atoms with Crippen LogP contribution in [0.3, 0.4) is 0 Å². The lowest BCUT2D eigenvalue weighted by atomic mass is 10.1. The molecule has 0 saturated carbocycles. The van der Waals surface area contributed by atoms with Crippen LogP contribution in [0.25, 0.3) is 0 Å². The summed E-state index contributed by atoms with van der Waals surface area (Å²) in [5.41, 5.74) is 4.09. The van der Waals surface area contributed by atoms with Crippen molar-refractivity contribution in [2.45, 2.75) is 39.0 Å². The first-order valence-electron chi connectivity index (χ1n) is 9.45. The molecule has 4 heterocycles. The molecule has 0 unspecified atom stereocenters. The predicted octanol–water partition coefficient (Wildman–Crippen LogP) is -0.375. The molecular formula is C17H26N8O2S. The van der Waals surface area contributed by atoms with Crippen molar-refractivity contribution < 1.29 is 8.42 Å². The van der Waals surface area contributed by atoms with Gasteiger partial charge in [0.2, 0.25) is 0 Å². The van der Waals surface area contributed by atoms with E-state index in [0.717, 1.165) is 66.2 Å². The zero-order valence-electron chi connectivity index (χ0n) is 16.2. The number of aromatic nitrogens is 4. The lowest BCUT2D eigenvalue weighted by Crippen LogP contribution is -2.35. The monoisotopic (exact) mass is 406 g/mol. The molecule has 11 heteroatoms. The number of anilines is 1. The first-order valence-corrected chi connectivity index (χ1v) is 10.9. The maximum atomic E-state index is 11.9. The molecule has 152 valence electrons. The van der Waals surface area contributed by atoms with Gasteiger partial charge in [-0.1, -0.05) is 0 Å². The fourth-order valence-electron chi connectivity index (χ4n) is 3.62. The standard InChI is InChI=1S/C17H26N8O2S/c1-23(2)28(26,27)21-9-13-8-14-11-24(6-3-7-25(14)22-13)17-15-4-5-18-10-16(15)19-12-20-17/h8,12,18,21H,3-7,9-11H2,1-2H3. The summed E-state index contributed by atoms with van der Waals surface area (Å²) in [6.07, 6.45) is 3.53. The van der Waals surface area contributed by atoms with Crippen molar-refractivity contribution in [2.75, 3.05) is 32.1 Å². The molecule has 0 aromatic carbocycles. The number of hydrogen-bond acceptors (Lipinski definition) is 7. The molecule has 0 spiro atoms. The Balaban J connectivity index is 1.54. The molecular weight excluding hydrogens is 380 g/mol. The van der Waals surface area contributed by atoms with Gasteiger partial charge in [-0.2, -0.15) is 22.5 Å². The van der Waals surface area contributed by atoms with Crippen LogP contribution in [0.5, 0.6) is 0 Å². The summed E-state index contributed by atoms with van der Waals surface area (Å²) >= 11 is 0. The number of nitrogens with zero attached hydrogens (tertiary/aromatic N) is 6. The van der Waals surface area contributed by atoms with Crippen LogP contribution in [0.15, 0.2) is 12.4 Å². The summed E-state index contributed by atoms with van der Waals surface area (Å²) in [4.78, 5) is 11.3. The van der Waals surface area contributed by atoms with Crippen LogP contribution < -0.4 is 14.9 Å². The second-order valence-corrected chi connectivity index (χ2v) is 9.25. The van der Waals surface area contributed by atoms with Crippen molar-refractivity contribution in [3.8, 4) is 0 Å². The highest BCUT2D eigenvalue weighted by Crippen LogP contribution is 2.26. The molecule has 2 aliphatic heterocycles.